The van der Waals surface area contributed by atoms with Crippen molar-refractivity contribution in [1.29, 1.82) is 0 Å². The summed E-state index contributed by atoms with van der Waals surface area (Å²) in [5, 5.41) is 24.8. The lowest BCUT2D eigenvalue weighted by atomic mass is 9.49. The second-order valence-electron chi connectivity index (χ2n) is 10.8. The lowest BCUT2D eigenvalue weighted by molar-refractivity contribution is -0.384. The number of hydrogen-bond acceptors (Lipinski definition) is 4. The maximum absolute atomic E-state index is 11.1. The van der Waals surface area contributed by atoms with E-state index < -0.39 is 4.92 Å². The molecule has 0 heterocycles. The van der Waals surface area contributed by atoms with Crippen molar-refractivity contribution in [2.45, 2.75) is 77.7 Å². The van der Waals surface area contributed by atoms with E-state index in [9.17, 15) is 15.2 Å². The quantitative estimate of drug-likeness (QED) is 0.416. The Balaban J connectivity index is 1.52. The number of non-ortho nitro benzene ring substituents is 1. The highest BCUT2D eigenvalue weighted by molar-refractivity contribution is 5.43. The summed E-state index contributed by atoms with van der Waals surface area (Å²) in [6.07, 6.45) is 5.95. The molecule has 0 amide bonds. The zero-order valence-electron chi connectivity index (χ0n) is 19.8. The zero-order chi connectivity index (χ0) is 23.1. The Morgan fingerprint density at radius 3 is 2.69 bits per heavy atom. The maximum Gasteiger partial charge on any atom is 0.270 e. The first-order chi connectivity index (χ1) is 15.1. The Morgan fingerprint density at radius 2 is 1.97 bits per heavy atom. The zero-order valence-corrected chi connectivity index (χ0v) is 19.8. The molecule has 0 saturated heterocycles. The maximum atomic E-state index is 11.1. The number of nitrogens with one attached hydrogen (secondary N) is 1. The van der Waals surface area contributed by atoms with E-state index in [-0.39, 0.29) is 22.3 Å². The predicted molar refractivity (Wildman–Crippen MR) is 128 cm³/mol. The van der Waals surface area contributed by atoms with Gasteiger partial charge in [0, 0.05) is 30.8 Å². The minimum atomic E-state index is -0.416. The summed E-state index contributed by atoms with van der Waals surface area (Å²) in [6.45, 7) is 10.7. The fourth-order valence-electron chi connectivity index (χ4n) is 6.52. The van der Waals surface area contributed by atoms with Gasteiger partial charge in [0.25, 0.3) is 5.69 Å². The molecule has 2 N–H and O–H groups in total. The molecule has 2 aromatic carbocycles. The van der Waals surface area contributed by atoms with Gasteiger partial charge in [-0.05, 0) is 71.1 Å². The largest absolute Gasteiger partial charge is 0.508 e. The van der Waals surface area contributed by atoms with E-state index in [0.29, 0.717) is 23.9 Å². The van der Waals surface area contributed by atoms with Gasteiger partial charge in [-0.3, -0.25) is 10.1 Å². The van der Waals surface area contributed by atoms with Gasteiger partial charge in [-0.25, -0.2) is 0 Å². The Hall–Kier alpha value is -2.40. The number of fused-ring (bicyclic) bond motifs is 3. The van der Waals surface area contributed by atoms with Gasteiger partial charge < -0.3 is 10.4 Å². The van der Waals surface area contributed by atoms with Gasteiger partial charge in [0.05, 0.1) is 4.92 Å². The van der Waals surface area contributed by atoms with Crippen molar-refractivity contribution in [3.05, 3.63) is 68.8 Å². The predicted octanol–water partition coefficient (Wildman–Crippen LogP) is 6.22. The van der Waals surface area contributed by atoms with Crippen molar-refractivity contribution in [2.75, 3.05) is 6.54 Å². The molecule has 0 aliphatic heterocycles. The highest BCUT2D eigenvalue weighted by atomic mass is 16.6. The van der Waals surface area contributed by atoms with E-state index in [1.165, 1.54) is 55.0 Å². The number of aryl methyl sites for hydroxylation is 1. The van der Waals surface area contributed by atoms with Gasteiger partial charge in [0.2, 0.25) is 0 Å². The smallest absolute Gasteiger partial charge is 0.270 e. The topological polar surface area (TPSA) is 75.4 Å². The van der Waals surface area contributed by atoms with Crippen LogP contribution in [-0.4, -0.2) is 16.6 Å². The van der Waals surface area contributed by atoms with E-state index in [1.54, 1.807) is 5.56 Å². The van der Waals surface area contributed by atoms with E-state index in [2.05, 4.69) is 51.2 Å². The summed E-state index contributed by atoms with van der Waals surface area (Å²) in [4.78, 5) is 10.7. The lowest BCUT2D eigenvalue weighted by Crippen LogP contribution is -2.52. The van der Waals surface area contributed by atoms with Gasteiger partial charge in [0.1, 0.15) is 5.75 Å². The van der Waals surface area contributed by atoms with Gasteiger partial charge in [0.15, 0.2) is 0 Å². The van der Waals surface area contributed by atoms with Gasteiger partial charge in [-0.1, -0.05) is 52.3 Å². The Bertz CT molecular complexity index is 1020. The number of benzene rings is 2. The van der Waals surface area contributed by atoms with Crippen molar-refractivity contribution >= 4 is 5.69 Å². The molecule has 5 nitrogen and oxygen atoms in total. The van der Waals surface area contributed by atoms with Crippen LogP contribution in [0, 0.1) is 21.4 Å². The standard InChI is InChI=1S/C27H36N2O3/c1-18(2)19-6-9-23-20(14-19)7-11-25-26(3,12-5-13-27(23,25)4)17-28-16-21-15-22(29(31)32)8-10-24(21)30/h6,8-10,14-15,18,25,28,30H,5,7,11-13,16-17H2,1-4H3/t25-,26-,27-/m1/s1. The molecule has 0 bridgehead atoms. The van der Waals surface area contributed by atoms with Crippen LogP contribution in [0.5, 0.6) is 5.75 Å². The average Bonchev–Trinajstić information content (AvgIpc) is 2.74. The van der Waals surface area contributed by atoms with E-state index in [1.807, 2.05) is 0 Å². The highest BCUT2D eigenvalue weighted by Crippen LogP contribution is 2.57. The highest BCUT2D eigenvalue weighted by Gasteiger charge is 2.51. The van der Waals surface area contributed by atoms with Crippen LogP contribution in [0.25, 0.3) is 0 Å². The first-order valence-corrected chi connectivity index (χ1v) is 11.9. The number of phenolic OH excluding ortho intramolecular Hbond substituents is 1. The molecule has 2 aromatic rings. The molecule has 32 heavy (non-hydrogen) atoms. The summed E-state index contributed by atoms with van der Waals surface area (Å²) >= 11 is 0. The normalized spacial score (nSPS) is 27.1. The number of nitro benzene ring substituents is 1. The molecule has 0 unspecified atom stereocenters. The number of nitrogens with zero attached hydrogens (tertiary/aromatic N) is 1. The fraction of sp³-hybridized carbons (Fsp3) is 0.556. The van der Waals surface area contributed by atoms with Crippen molar-refractivity contribution in [2.24, 2.45) is 11.3 Å². The monoisotopic (exact) mass is 436 g/mol. The Morgan fingerprint density at radius 1 is 1.19 bits per heavy atom. The van der Waals surface area contributed by atoms with Crippen LogP contribution in [0.15, 0.2) is 36.4 Å². The molecule has 1 saturated carbocycles. The summed E-state index contributed by atoms with van der Waals surface area (Å²) in [6, 6.07) is 11.4. The first kappa shape index (κ1) is 22.8. The van der Waals surface area contributed by atoms with Crippen LogP contribution in [0.4, 0.5) is 5.69 Å². The van der Waals surface area contributed by atoms with Crippen LogP contribution in [0.3, 0.4) is 0 Å². The second-order valence-corrected chi connectivity index (χ2v) is 10.8. The summed E-state index contributed by atoms with van der Waals surface area (Å²) in [5.74, 6) is 1.25. The van der Waals surface area contributed by atoms with Crippen molar-refractivity contribution in [1.82, 2.24) is 5.32 Å². The molecule has 4 rings (SSSR count). The summed E-state index contributed by atoms with van der Waals surface area (Å²) in [7, 11) is 0. The second kappa shape index (κ2) is 8.51. The van der Waals surface area contributed by atoms with Crippen LogP contribution >= 0.6 is 0 Å². The minimum Gasteiger partial charge on any atom is -0.508 e. The molecule has 2 aliphatic carbocycles. The SMILES string of the molecule is CC(C)c1ccc2c(c1)CC[C@@H]1[C@@](C)(CNCc3cc([N+](=O)[O-])ccc3O)CCC[C@]21C. The van der Waals surface area contributed by atoms with E-state index in [0.717, 1.165) is 13.0 Å². The van der Waals surface area contributed by atoms with Crippen LogP contribution in [-0.2, 0) is 18.4 Å². The molecular weight excluding hydrogens is 400 g/mol. The number of rotatable bonds is 6. The van der Waals surface area contributed by atoms with Gasteiger partial charge in [-0.15, -0.1) is 0 Å². The van der Waals surface area contributed by atoms with Gasteiger partial charge >= 0.3 is 0 Å². The Labute approximate surface area is 191 Å². The first-order valence-electron chi connectivity index (χ1n) is 11.9. The summed E-state index contributed by atoms with van der Waals surface area (Å²) in [5.41, 5.74) is 5.44. The molecule has 2 aliphatic rings. The third kappa shape index (κ3) is 4.03. The summed E-state index contributed by atoms with van der Waals surface area (Å²) < 4.78 is 0. The lowest BCUT2D eigenvalue weighted by Gasteiger charge is -2.55. The van der Waals surface area contributed by atoms with E-state index >= 15 is 0 Å². The minimum absolute atomic E-state index is 0.0145. The molecule has 3 atom stereocenters. The average molecular weight is 437 g/mol. The number of aromatic hydroxyl groups is 1. The third-order valence-corrected chi connectivity index (χ3v) is 8.29. The van der Waals surface area contributed by atoms with Crippen molar-refractivity contribution in [3.8, 4) is 5.75 Å². The van der Waals surface area contributed by atoms with Gasteiger partial charge in [-0.2, -0.15) is 0 Å². The fourth-order valence-corrected chi connectivity index (χ4v) is 6.52. The third-order valence-electron chi connectivity index (χ3n) is 8.29. The number of phenols is 1. The molecule has 1 fully saturated rings. The van der Waals surface area contributed by atoms with E-state index in [4.69, 9.17) is 0 Å². The van der Waals surface area contributed by atoms with Crippen LogP contribution in [0.1, 0.15) is 81.5 Å². The van der Waals surface area contributed by atoms with Crippen LogP contribution in [0.2, 0.25) is 0 Å². The number of hydrogen-bond donors (Lipinski definition) is 2. The number of nitro groups is 1. The molecule has 0 radical (unpaired) electrons. The molecule has 0 aromatic heterocycles. The van der Waals surface area contributed by atoms with Crippen molar-refractivity contribution in [3.63, 3.8) is 0 Å². The van der Waals surface area contributed by atoms with Crippen molar-refractivity contribution < 1.29 is 10.0 Å². The Kier molecular flexibility index (Phi) is 6.06. The molecule has 5 heteroatoms. The molecule has 172 valence electrons. The molecule has 0 spiro atoms. The molecular formula is C27H36N2O3. The van der Waals surface area contributed by atoms with Crippen LogP contribution < -0.4 is 5.32 Å².